The maximum absolute atomic E-state index is 11.9. The van der Waals surface area contributed by atoms with Gasteiger partial charge in [0.25, 0.3) is 27.4 Å². The normalized spacial score (nSPS) is 13.5. The largest absolute Gasteiger partial charge is 0.400 e. The van der Waals surface area contributed by atoms with E-state index in [1.807, 2.05) is 26.9 Å². The minimum atomic E-state index is -3.79. The van der Waals surface area contributed by atoms with Gasteiger partial charge in [-0.2, -0.15) is 8.42 Å². The Kier molecular flexibility index (Phi) is 11.4. The van der Waals surface area contributed by atoms with Crippen molar-refractivity contribution in [3.63, 3.8) is 0 Å². The summed E-state index contributed by atoms with van der Waals surface area (Å²) in [5.74, 6) is -1.14. The van der Waals surface area contributed by atoms with Crippen molar-refractivity contribution in [2.75, 3.05) is 30.9 Å². The number of anilines is 1. The molecule has 14 nitrogen and oxygen atoms in total. The molecule has 0 aliphatic rings. The van der Waals surface area contributed by atoms with E-state index in [1.165, 1.54) is 4.90 Å². The Morgan fingerprint density at radius 2 is 1.66 bits per heavy atom. The van der Waals surface area contributed by atoms with Gasteiger partial charge in [-0.15, -0.1) is 0 Å². The molecule has 0 saturated carbocycles. The van der Waals surface area contributed by atoms with E-state index in [0.717, 1.165) is 12.3 Å². The maximum atomic E-state index is 11.9. The lowest BCUT2D eigenvalue weighted by Crippen LogP contribution is -2.40. The van der Waals surface area contributed by atoms with Crippen molar-refractivity contribution >= 4 is 52.6 Å². The summed E-state index contributed by atoms with van der Waals surface area (Å²) in [4.78, 5) is 34.7. The van der Waals surface area contributed by atoms with Gasteiger partial charge in [-0.25, -0.2) is 0 Å². The first kappa shape index (κ1) is 30.6. The molecule has 0 fully saturated rings. The zero-order valence-electron chi connectivity index (χ0n) is 20.4. The highest BCUT2D eigenvalue weighted by atomic mass is 32.2. The summed E-state index contributed by atoms with van der Waals surface area (Å²) >= 11 is 0. The predicted octanol–water partition coefficient (Wildman–Crippen LogP) is 0.424. The number of rotatable bonds is 16. The summed E-state index contributed by atoms with van der Waals surface area (Å²) in [7, 11) is -5.40. The fourth-order valence-corrected chi connectivity index (χ4v) is 5.58. The van der Waals surface area contributed by atoms with Crippen LogP contribution in [0.1, 0.15) is 30.6 Å². The van der Waals surface area contributed by atoms with Crippen molar-refractivity contribution in [1.82, 2.24) is 0 Å². The third kappa shape index (κ3) is 9.26. The SMILES string of the molecule is C[SiH2]OC(O[SiH2]C)C(C)(C)CCN(CCOS(C)(=O)=O)c1cc(C(N)=O)c([N+](=O)[O-])cc1[N+](=O)[O-]. The topological polar surface area (TPSA) is 194 Å². The summed E-state index contributed by atoms with van der Waals surface area (Å²) in [5, 5.41) is 23.2. The van der Waals surface area contributed by atoms with Gasteiger partial charge in [-0.05, 0) is 12.5 Å². The van der Waals surface area contributed by atoms with Crippen LogP contribution < -0.4 is 10.6 Å². The number of hydrogen-bond acceptors (Lipinski definition) is 11. The molecule has 1 rings (SSSR count). The average molecular weight is 553 g/mol. The van der Waals surface area contributed by atoms with E-state index in [4.69, 9.17) is 18.8 Å². The molecule has 2 N–H and O–H groups in total. The van der Waals surface area contributed by atoms with Crippen molar-refractivity contribution in [3.8, 4) is 0 Å². The highest BCUT2D eigenvalue weighted by Crippen LogP contribution is 2.37. The Bertz CT molecular complexity index is 1030. The van der Waals surface area contributed by atoms with E-state index in [0.29, 0.717) is 12.5 Å². The van der Waals surface area contributed by atoms with Crippen LogP contribution >= 0.6 is 0 Å². The summed E-state index contributed by atoms with van der Waals surface area (Å²) in [6.45, 7) is 7.41. The van der Waals surface area contributed by atoms with Gasteiger partial charge in [-0.1, -0.05) is 26.9 Å². The molecule has 0 heterocycles. The van der Waals surface area contributed by atoms with Crippen LogP contribution in [0.4, 0.5) is 17.1 Å². The maximum Gasteiger partial charge on any atom is 0.299 e. The average Bonchev–Trinajstić information content (AvgIpc) is 2.74. The number of amides is 1. The molecule has 1 aromatic carbocycles. The first-order valence-electron chi connectivity index (χ1n) is 10.7. The molecule has 0 atom stereocenters. The summed E-state index contributed by atoms with van der Waals surface area (Å²) < 4.78 is 39.4. The van der Waals surface area contributed by atoms with Gasteiger partial charge in [0, 0.05) is 18.5 Å². The molecule has 35 heavy (non-hydrogen) atoms. The Balaban J connectivity index is 3.50. The minimum absolute atomic E-state index is 0.128. The molecule has 0 unspecified atom stereocenters. The molecule has 0 aliphatic heterocycles. The van der Waals surface area contributed by atoms with Crippen LogP contribution in [0.2, 0.25) is 13.1 Å². The van der Waals surface area contributed by atoms with Gasteiger partial charge in [-0.3, -0.25) is 29.2 Å². The second-order valence-corrected chi connectivity index (χ2v) is 11.7. The van der Waals surface area contributed by atoms with Gasteiger partial charge in [0.15, 0.2) is 19.5 Å². The predicted molar refractivity (Wildman–Crippen MR) is 134 cm³/mol. The second-order valence-electron chi connectivity index (χ2n) is 8.23. The molecule has 1 aromatic rings. The molecule has 0 radical (unpaired) electrons. The van der Waals surface area contributed by atoms with Gasteiger partial charge in [0.2, 0.25) is 0 Å². The summed E-state index contributed by atoms with van der Waals surface area (Å²) in [6, 6.07) is 1.65. The lowest BCUT2D eigenvalue weighted by Gasteiger charge is -2.36. The number of nitro groups is 2. The zero-order valence-corrected chi connectivity index (χ0v) is 24.0. The Morgan fingerprint density at radius 3 is 2.09 bits per heavy atom. The van der Waals surface area contributed by atoms with E-state index in [9.17, 15) is 33.4 Å². The monoisotopic (exact) mass is 552 g/mol. The standard InChI is InChI=1S/C18H32N4O10SSi2/c1-18(2,17(31-34-4)32-35-5)6-7-20(8-9-30-33(3,28)29)14-10-12(16(19)23)13(21(24)25)11-15(14)22(26)27/h10-11,17H,6-9,34-35H2,1-5H3,(H2,19,23). The van der Waals surface area contributed by atoms with Gasteiger partial charge < -0.3 is 19.5 Å². The highest BCUT2D eigenvalue weighted by Gasteiger charge is 2.33. The van der Waals surface area contributed by atoms with Crippen LogP contribution in [0.5, 0.6) is 0 Å². The number of nitrogens with two attached hydrogens (primary N) is 1. The number of nitro benzene ring substituents is 2. The first-order valence-corrected chi connectivity index (χ1v) is 16.5. The highest BCUT2D eigenvalue weighted by molar-refractivity contribution is 7.85. The molecule has 0 bridgehead atoms. The number of nitrogens with zero attached hydrogens (tertiary/aromatic N) is 3. The lowest BCUT2D eigenvalue weighted by molar-refractivity contribution is -0.393. The molecule has 1 amide bonds. The van der Waals surface area contributed by atoms with E-state index >= 15 is 0 Å². The molecule has 17 heteroatoms. The fourth-order valence-electron chi connectivity index (χ4n) is 3.31. The van der Waals surface area contributed by atoms with Crippen LogP contribution in [0, 0.1) is 25.6 Å². The van der Waals surface area contributed by atoms with E-state index < -0.39 is 74.0 Å². The van der Waals surface area contributed by atoms with Crippen LogP contribution in [-0.2, 0) is 23.2 Å². The van der Waals surface area contributed by atoms with Gasteiger partial charge in [0.1, 0.15) is 17.5 Å². The lowest BCUT2D eigenvalue weighted by atomic mass is 9.88. The molecule has 0 saturated heterocycles. The van der Waals surface area contributed by atoms with Crippen molar-refractivity contribution < 1.29 is 36.1 Å². The van der Waals surface area contributed by atoms with Crippen LogP contribution in [-0.4, -0.2) is 75.9 Å². The summed E-state index contributed by atoms with van der Waals surface area (Å²) in [6.07, 6.45) is 0.778. The summed E-state index contributed by atoms with van der Waals surface area (Å²) in [5.41, 5.74) is 2.69. The van der Waals surface area contributed by atoms with Crippen LogP contribution in [0.25, 0.3) is 0 Å². The van der Waals surface area contributed by atoms with Crippen molar-refractivity contribution in [2.24, 2.45) is 11.1 Å². The van der Waals surface area contributed by atoms with E-state index in [-0.39, 0.29) is 25.4 Å². The van der Waals surface area contributed by atoms with Crippen molar-refractivity contribution in [1.29, 1.82) is 0 Å². The Labute approximate surface area is 208 Å². The Morgan fingerprint density at radius 1 is 1.11 bits per heavy atom. The third-order valence-corrected chi connectivity index (χ3v) is 6.92. The van der Waals surface area contributed by atoms with E-state index in [2.05, 4.69) is 0 Å². The number of primary amides is 1. The quantitative estimate of drug-likeness (QED) is 0.0981. The first-order chi connectivity index (χ1) is 16.1. The fraction of sp³-hybridized carbons (Fsp3) is 0.611. The van der Waals surface area contributed by atoms with Gasteiger partial charge >= 0.3 is 0 Å². The van der Waals surface area contributed by atoms with Gasteiger partial charge in [0.05, 0.1) is 28.8 Å². The smallest absolute Gasteiger partial charge is 0.299 e. The number of carbonyl (C=O) groups excluding carboxylic acids is 1. The minimum Gasteiger partial charge on any atom is -0.400 e. The molecule has 0 spiro atoms. The number of carbonyl (C=O) groups is 1. The van der Waals surface area contributed by atoms with Crippen LogP contribution in [0.3, 0.4) is 0 Å². The second kappa shape index (κ2) is 13.0. The molecule has 0 aromatic heterocycles. The van der Waals surface area contributed by atoms with Crippen molar-refractivity contribution in [3.05, 3.63) is 37.9 Å². The van der Waals surface area contributed by atoms with Crippen molar-refractivity contribution in [2.45, 2.75) is 39.7 Å². The number of hydrogen-bond donors (Lipinski definition) is 1. The van der Waals surface area contributed by atoms with Crippen LogP contribution in [0.15, 0.2) is 12.1 Å². The molecule has 198 valence electrons. The molecular formula is C18H32N4O10SSi2. The zero-order chi connectivity index (χ0) is 27.0. The Hall–Kier alpha value is -2.45. The third-order valence-electron chi connectivity index (χ3n) is 5.05. The number of benzene rings is 1. The van der Waals surface area contributed by atoms with E-state index in [1.54, 1.807) is 0 Å². The molecule has 0 aliphatic carbocycles. The molecular weight excluding hydrogens is 520 g/mol.